The maximum atomic E-state index is 13.2. The van der Waals surface area contributed by atoms with Crippen LogP contribution in [-0.4, -0.2) is 13.0 Å². The highest BCUT2D eigenvalue weighted by molar-refractivity contribution is 5.85. The highest BCUT2D eigenvalue weighted by atomic mass is 19.1. The van der Waals surface area contributed by atoms with E-state index in [2.05, 4.69) is 5.32 Å². The van der Waals surface area contributed by atoms with Crippen LogP contribution in [-0.2, 0) is 4.79 Å². The van der Waals surface area contributed by atoms with Crippen LogP contribution in [0.4, 0.5) is 10.1 Å². The molecule has 110 valence electrons. The van der Waals surface area contributed by atoms with Crippen LogP contribution >= 0.6 is 0 Å². The fourth-order valence-corrected chi connectivity index (χ4v) is 2.12. The summed E-state index contributed by atoms with van der Waals surface area (Å²) in [6.07, 6.45) is 0. The quantitative estimate of drug-likeness (QED) is 0.889. The number of hydrogen-bond donors (Lipinski definition) is 2. The minimum Gasteiger partial charge on any atom is -0.497 e. The molecule has 21 heavy (non-hydrogen) atoms. The molecule has 4 nitrogen and oxygen atoms in total. The standard InChI is InChI=1S/C16H17FN2O2/c1-10-9-11(17)3-8-14(10)15(16(18)20)19-12-4-6-13(21-2)7-5-12/h3-9,15,19H,1-2H3,(H2,18,20). The van der Waals surface area contributed by atoms with Gasteiger partial charge in [0.25, 0.3) is 0 Å². The van der Waals surface area contributed by atoms with Gasteiger partial charge in [-0.15, -0.1) is 0 Å². The molecule has 0 saturated carbocycles. The summed E-state index contributed by atoms with van der Waals surface area (Å²) in [5, 5.41) is 3.05. The van der Waals surface area contributed by atoms with Crippen molar-refractivity contribution in [3.05, 3.63) is 59.4 Å². The molecule has 0 bridgehead atoms. The predicted octanol–water partition coefficient (Wildman–Crippen LogP) is 2.78. The molecule has 0 aliphatic carbocycles. The predicted molar refractivity (Wildman–Crippen MR) is 79.7 cm³/mol. The largest absolute Gasteiger partial charge is 0.497 e. The molecule has 0 fully saturated rings. The third-order valence-electron chi connectivity index (χ3n) is 3.23. The normalized spacial score (nSPS) is 11.8. The molecule has 0 radical (unpaired) electrons. The van der Waals surface area contributed by atoms with Gasteiger partial charge >= 0.3 is 0 Å². The molecule has 0 aliphatic heterocycles. The fraction of sp³-hybridized carbons (Fsp3) is 0.188. The van der Waals surface area contributed by atoms with E-state index < -0.39 is 11.9 Å². The van der Waals surface area contributed by atoms with Gasteiger partial charge in [0.15, 0.2) is 0 Å². The number of methoxy groups -OCH3 is 1. The van der Waals surface area contributed by atoms with Crippen LogP contribution < -0.4 is 15.8 Å². The van der Waals surface area contributed by atoms with Crippen LogP contribution in [0.5, 0.6) is 5.75 Å². The Morgan fingerprint density at radius 1 is 1.24 bits per heavy atom. The molecule has 1 atom stereocenters. The number of primary amides is 1. The van der Waals surface area contributed by atoms with Gasteiger partial charge in [-0.1, -0.05) is 6.07 Å². The van der Waals surface area contributed by atoms with Gasteiger partial charge in [0, 0.05) is 5.69 Å². The van der Waals surface area contributed by atoms with E-state index in [0.717, 1.165) is 5.69 Å². The number of halogens is 1. The molecule has 2 aromatic carbocycles. The molecule has 0 spiro atoms. The van der Waals surface area contributed by atoms with Crippen LogP contribution in [0.1, 0.15) is 17.2 Å². The van der Waals surface area contributed by atoms with Crippen molar-refractivity contribution in [1.29, 1.82) is 0 Å². The average molecular weight is 288 g/mol. The van der Waals surface area contributed by atoms with Gasteiger partial charge in [0.1, 0.15) is 17.6 Å². The summed E-state index contributed by atoms with van der Waals surface area (Å²) in [5.41, 5.74) is 7.50. The lowest BCUT2D eigenvalue weighted by Crippen LogP contribution is -2.28. The Morgan fingerprint density at radius 3 is 2.43 bits per heavy atom. The highest BCUT2D eigenvalue weighted by Gasteiger charge is 2.19. The molecule has 3 N–H and O–H groups in total. The Hall–Kier alpha value is -2.56. The number of nitrogens with two attached hydrogens (primary N) is 1. The maximum absolute atomic E-state index is 13.2. The Labute approximate surface area is 122 Å². The van der Waals surface area contributed by atoms with E-state index in [1.54, 1.807) is 44.4 Å². The van der Waals surface area contributed by atoms with Crippen LogP contribution in [0, 0.1) is 12.7 Å². The van der Waals surface area contributed by atoms with Crippen molar-refractivity contribution in [3.8, 4) is 5.75 Å². The molecule has 1 amide bonds. The lowest BCUT2D eigenvalue weighted by molar-refractivity contribution is -0.118. The first kappa shape index (κ1) is 14.8. The summed E-state index contributed by atoms with van der Waals surface area (Å²) >= 11 is 0. The molecule has 0 aliphatic rings. The van der Waals surface area contributed by atoms with E-state index in [1.165, 1.54) is 12.1 Å². The van der Waals surface area contributed by atoms with Crippen LogP contribution in [0.25, 0.3) is 0 Å². The minimum absolute atomic E-state index is 0.344. The minimum atomic E-state index is -0.723. The first-order valence-electron chi connectivity index (χ1n) is 6.47. The van der Waals surface area contributed by atoms with Crippen molar-refractivity contribution in [2.45, 2.75) is 13.0 Å². The monoisotopic (exact) mass is 288 g/mol. The van der Waals surface area contributed by atoms with Gasteiger partial charge in [-0.25, -0.2) is 4.39 Å². The molecular formula is C16H17FN2O2. The van der Waals surface area contributed by atoms with Gasteiger partial charge < -0.3 is 15.8 Å². The summed E-state index contributed by atoms with van der Waals surface area (Å²) in [5.74, 6) is -0.154. The molecule has 2 aromatic rings. The van der Waals surface area contributed by atoms with Crippen molar-refractivity contribution >= 4 is 11.6 Å². The number of amides is 1. The van der Waals surface area contributed by atoms with Crippen LogP contribution in [0.2, 0.25) is 0 Å². The number of aryl methyl sites for hydroxylation is 1. The number of nitrogens with one attached hydrogen (secondary N) is 1. The second kappa shape index (κ2) is 6.26. The molecule has 1 unspecified atom stereocenters. The van der Waals surface area contributed by atoms with Gasteiger partial charge in [0.05, 0.1) is 7.11 Å². The topological polar surface area (TPSA) is 64.3 Å². The number of rotatable bonds is 5. The van der Waals surface area contributed by atoms with Crippen molar-refractivity contribution in [1.82, 2.24) is 0 Å². The third-order valence-corrected chi connectivity index (χ3v) is 3.23. The molecule has 2 rings (SSSR count). The van der Waals surface area contributed by atoms with E-state index in [9.17, 15) is 9.18 Å². The van der Waals surface area contributed by atoms with E-state index in [-0.39, 0.29) is 5.82 Å². The number of anilines is 1. The summed E-state index contributed by atoms with van der Waals surface area (Å²) in [6, 6.07) is 10.7. The lowest BCUT2D eigenvalue weighted by Gasteiger charge is -2.19. The van der Waals surface area contributed by atoms with Crippen LogP contribution in [0.15, 0.2) is 42.5 Å². The molecule has 0 saturated heterocycles. The zero-order valence-electron chi connectivity index (χ0n) is 11.9. The SMILES string of the molecule is COc1ccc(NC(C(N)=O)c2ccc(F)cc2C)cc1. The number of hydrogen-bond acceptors (Lipinski definition) is 3. The van der Waals surface area contributed by atoms with Gasteiger partial charge in [-0.05, 0) is 54.4 Å². The summed E-state index contributed by atoms with van der Waals surface area (Å²) < 4.78 is 18.2. The van der Waals surface area contributed by atoms with E-state index in [4.69, 9.17) is 10.5 Å². The van der Waals surface area contributed by atoms with Crippen molar-refractivity contribution in [2.24, 2.45) is 5.73 Å². The summed E-state index contributed by atoms with van der Waals surface area (Å²) in [4.78, 5) is 11.7. The number of carbonyl (C=O) groups excluding carboxylic acids is 1. The molecule has 0 heterocycles. The highest BCUT2D eigenvalue weighted by Crippen LogP contribution is 2.24. The smallest absolute Gasteiger partial charge is 0.244 e. The molecular weight excluding hydrogens is 271 g/mol. The van der Waals surface area contributed by atoms with Gasteiger partial charge in [0.2, 0.25) is 5.91 Å². The molecule has 5 heteroatoms. The third kappa shape index (κ3) is 3.51. The zero-order chi connectivity index (χ0) is 15.4. The lowest BCUT2D eigenvalue weighted by atomic mass is 10.00. The van der Waals surface area contributed by atoms with Crippen LogP contribution in [0.3, 0.4) is 0 Å². The second-order valence-electron chi connectivity index (χ2n) is 4.71. The van der Waals surface area contributed by atoms with Crippen molar-refractivity contribution in [3.63, 3.8) is 0 Å². The number of benzene rings is 2. The number of carbonyl (C=O) groups is 1. The summed E-state index contributed by atoms with van der Waals surface area (Å²) in [6.45, 7) is 1.74. The Bertz CT molecular complexity index is 641. The van der Waals surface area contributed by atoms with Crippen molar-refractivity contribution in [2.75, 3.05) is 12.4 Å². The molecule has 0 aromatic heterocycles. The van der Waals surface area contributed by atoms with E-state index in [1.807, 2.05) is 0 Å². The summed E-state index contributed by atoms with van der Waals surface area (Å²) in [7, 11) is 1.58. The average Bonchev–Trinajstić information content (AvgIpc) is 2.46. The second-order valence-corrected chi connectivity index (χ2v) is 4.71. The first-order valence-corrected chi connectivity index (χ1v) is 6.47. The fourth-order valence-electron chi connectivity index (χ4n) is 2.12. The van der Waals surface area contributed by atoms with E-state index in [0.29, 0.717) is 16.9 Å². The van der Waals surface area contributed by atoms with E-state index >= 15 is 0 Å². The van der Waals surface area contributed by atoms with Gasteiger partial charge in [-0.3, -0.25) is 4.79 Å². The van der Waals surface area contributed by atoms with Crippen molar-refractivity contribution < 1.29 is 13.9 Å². The Kier molecular flexibility index (Phi) is 4.42. The number of ether oxygens (including phenoxy) is 1. The Balaban J connectivity index is 2.28. The Morgan fingerprint density at radius 2 is 1.90 bits per heavy atom. The van der Waals surface area contributed by atoms with Gasteiger partial charge in [-0.2, -0.15) is 0 Å². The first-order chi connectivity index (χ1) is 10.0. The zero-order valence-corrected chi connectivity index (χ0v) is 11.9. The maximum Gasteiger partial charge on any atom is 0.244 e.